The van der Waals surface area contributed by atoms with E-state index in [0.29, 0.717) is 17.3 Å². The summed E-state index contributed by atoms with van der Waals surface area (Å²) in [5.74, 6) is 0.807. The van der Waals surface area contributed by atoms with Crippen LogP contribution in [-0.2, 0) is 0 Å². The summed E-state index contributed by atoms with van der Waals surface area (Å²) in [6, 6.07) is 16.1. The van der Waals surface area contributed by atoms with Gasteiger partial charge >= 0.3 is 0 Å². The van der Waals surface area contributed by atoms with Crippen LogP contribution < -0.4 is 5.32 Å². The molecule has 1 N–H and O–H groups in total. The van der Waals surface area contributed by atoms with E-state index in [1.165, 1.54) is 17.7 Å². The van der Waals surface area contributed by atoms with Crippen LogP contribution >= 0.6 is 0 Å². The van der Waals surface area contributed by atoms with Crippen molar-refractivity contribution in [3.05, 3.63) is 76.2 Å². The molecule has 0 saturated carbocycles. The van der Waals surface area contributed by atoms with E-state index in [-0.39, 0.29) is 17.8 Å². The van der Waals surface area contributed by atoms with Gasteiger partial charge in [-0.1, -0.05) is 30.3 Å². The summed E-state index contributed by atoms with van der Waals surface area (Å²) in [7, 11) is 0. The Bertz CT molecular complexity index is 846. The molecule has 1 heterocycles. The molecule has 0 amide bonds. The molecular formula is C18H18N4O3. The van der Waals surface area contributed by atoms with Crippen molar-refractivity contribution in [2.75, 3.05) is 0 Å². The van der Waals surface area contributed by atoms with Crippen LogP contribution in [0.5, 0.6) is 0 Å². The average molecular weight is 338 g/mol. The molecule has 128 valence electrons. The number of nitrogens with zero attached hydrogens (tertiary/aromatic N) is 3. The minimum atomic E-state index is -0.444. The number of nitrogens with one attached hydrogen (secondary N) is 1. The highest BCUT2D eigenvalue weighted by Crippen LogP contribution is 2.24. The second-order valence-corrected chi connectivity index (χ2v) is 5.77. The van der Waals surface area contributed by atoms with Crippen molar-refractivity contribution in [3.63, 3.8) is 0 Å². The van der Waals surface area contributed by atoms with Crippen LogP contribution in [0, 0.1) is 10.1 Å². The SMILES string of the molecule is C[C@H](N[C@H](C)c1nnc(-c2ccc([N+](=O)[O-])cc2)o1)c1ccccc1. The lowest BCUT2D eigenvalue weighted by molar-refractivity contribution is -0.384. The molecule has 3 rings (SSSR count). The third-order valence-corrected chi connectivity index (χ3v) is 3.94. The zero-order valence-electron chi connectivity index (χ0n) is 13.9. The molecule has 7 nitrogen and oxygen atoms in total. The van der Waals surface area contributed by atoms with Crippen LogP contribution in [0.2, 0.25) is 0 Å². The van der Waals surface area contributed by atoms with Crippen molar-refractivity contribution >= 4 is 5.69 Å². The monoisotopic (exact) mass is 338 g/mol. The molecule has 2 atom stereocenters. The fourth-order valence-electron chi connectivity index (χ4n) is 2.54. The highest BCUT2D eigenvalue weighted by molar-refractivity contribution is 5.55. The maximum absolute atomic E-state index is 10.7. The van der Waals surface area contributed by atoms with Gasteiger partial charge in [-0.25, -0.2) is 0 Å². The van der Waals surface area contributed by atoms with E-state index in [9.17, 15) is 10.1 Å². The lowest BCUT2D eigenvalue weighted by Gasteiger charge is -2.17. The van der Waals surface area contributed by atoms with Crippen molar-refractivity contribution in [1.29, 1.82) is 0 Å². The van der Waals surface area contributed by atoms with Gasteiger partial charge in [0.15, 0.2) is 0 Å². The van der Waals surface area contributed by atoms with Crippen LogP contribution in [0.25, 0.3) is 11.5 Å². The fraction of sp³-hybridized carbons (Fsp3) is 0.222. The highest BCUT2D eigenvalue weighted by Gasteiger charge is 2.18. The maximum atomic E-state index is 10.7. The second kappa shape index (κ2) is 7.23. The lowest BCUT2D eigenvalue weighted by Crippen LogP contribution is -2.22. The molecule has 0 aliphatic heterocycles. The lowest BCUT2D eigenvalue weighted by atomic mass is 10.1. The minimum Gasteiger partial charge on any atom is -0.419 e. The standard InChI is InChI=1S/C18H18N4O3/c1-12(14-6-4-3-5-7-14)19-13(2)17-20-21-18(25-17)15-8-10-16(11-9-15)22(23)24/h3-13,19H,1-2H3/t12-,13+/m0/s1. The summed E-state index contributed by atoms with van der Waals surface area (Å²) in [5.41, 5.74) is 1.84. The maximum Gasteiger partial charge on any atom is 0.269 e. The number of hydrogen-bond acceptors (Lipinski definition) is 6. The average Bonchev–Trinajstić information content (AvgIpc) is 3.13. The van der Waals surface area contributed by atoms with Gasteiger partial charge in [0.1, 0.15) is 0 Å². The van der Waals surface area contributed by atoms with Gasteiger partial charge < -0.3 is 4.42 Å². The zero-order valence-corrected chi connectivity index (χ0v) is 13.9. The van der Waals surface area contributed by atoms with E-state index >= 15 is 0 Å². The van der Waals surface area contributed by atoms with Gasteiger partial charge in [-0.2, -0.15) is 0 Å². The molecule has 2 aromatic carbocycles. The van der Waals surface area contributed by atoms with E-state index in [1.54, 1.807) is 12.1 Å². The number of nitro benzene ring substituents is 1. The van der Waals surface area contributed by atoms with Gasteiger partial charge in [0, 0.05) is 23.7 Å². The van der Waals surface area contributed by atoms with Crippen LogP contribution in [0.3, 0.4) is 0 Å². The summed E-state index contributed by atoms with van der Waals surface area (Å²) in [5, 5.41) is 22.2. The van der Waals surface area contributed by atoms with E-state index < -0.39 is 4.92 Å². The van der Waals surface area contributed by atoms with Gasteiger partial charge in [0.05, 0.1) is 11.0 Å². The first kappa shape index (κ1) is 16.8. The third-order valence-electron chi connectivity index (χ3n) is 3.94. The predicted molar refractivity (Wildman–Crippen MR) is 92.8 cm³/mol. The summed E-state index contributed by atoms with van der Waals surface area (Å²) >= 11 is 0. The summed E-state index contributed by atoms with van der Waals surface area (Å²) in [4.78, 5) is 10.3. The molecule has 0 aliphatic rings. The number of hydrogen-bond donors (Lipinski definition) is 1. The topological polar surface area (TPSA) is 94.1 Å². The van der Waals surface area contributed by atoms with Crippen LogP contribution in [0.1, 0.15) is 37.4 Å². The molecule has 1 aromatic heterocycles. The molecular weight excluding hydrogens is 320 g/mol. The van der Waals surface area contributed by atoms with Crippen molar-refractivity contribution < 1.29 is 9.34 Å². The third kappa shape index (κ3) is 3.89. The Balaban J connectivity index is 1.71. The minimum absolute atomic E-state index is 0.0233. The van der Waals surface area contributed by atoms with Crippen molar-refractivity contribution in [2.45, 2.75) is 25.9 Å². The van der Waals surface area contributed by atoms with E-state index in [4.69, 9.17) is 4.42 Å². The summed E-state index contributed by atoms with van der Waals surface area (Å²) in [6.45, 7) is 4.02. The first-order chi connectivity index (χ1) is 12.0. The number of benzene rings is 2. The largest absolute Gasteiger partial charge is 0.419 e. The highest BCUT2D eigenvalue weighted by atomic mass is 16.6. The van der Waals surface area contributed by atoms with Crippen molar-refractivity contribution in [2.24, 2.45) is 0 Å². The summed E-state index contributed by atoms with van der Waals surface area (Å²) in [6.07, 6.45) is 0. The Morgan fingerprint density at radius 2 is 1.68 bits per heavy atom. The Hall–Kier alpha value is -3.06. The smallest absolute Gasteiger partial charge is 0.269 e. The molecule has 25 heavy (non-hydrogen) atoms. The molecule has 0 bridgehead atoms. The molecule has 3 aromatic rings. The van der Waals surface area contributed by atoms with Crippen LogP contribution in [0.4, 0.5) is 5.69 Å². The number of non-ortho nitro benzene ring substituents is 1. The molecule has 7 heteroatoms. The quantitative estimate of drug-likeness (QED) is 0.538. The predicted octanol–water partition coefficient (Wildman–Crippen LogP) is 4.06. The normalized spacial score (nSPS) is 13.4. The Kier molecular flexibility index (Phi) is 4.85. The van der Waals surface area contributed by atoms with Crippen LogP contribution in [-0.4, -0.2) is 15.1 Å². The molecule has 0 saturated heterocycles. The van der Waals surface area contributed by atoms with Gasteiger partial charge in [0.2, 0.25) is 11.8 Å². The number of nitro groups is 1. The van der Waals surface area contributed by atoms with Gasteiger partial charge in [0.25, 0.3) is 5.69 Å². The Morgan fingerprint density at radius 1 is 1.00 bits per heavy atom. The fourth-order valence-corrected chi connectivity index (χ4v) is 2.54. The Morgan fingerprint density at radius 3 is 2.32 bits per heavy atom. The van der Waals surface area contributed by atoms with E-state index in [0.717, 1.165) is 0 Å². The van der Waals surface area contributed by atoms with Gasteiger partial charge in [-0.15, -0.1) is 10.2 Å². The number of rotatable bonds is 6. The molecule has 0 fully saturated rings. The Labute approximate surface area is 144 Å². The first-order valence-electron chi connectivity index (χ1n) is 7.94. The second-order valence-electron chi connectivity index (χ2n) is 5.77. The van der Waals surface area contributed by atoms with Crippen molar-refractivity contribution in [1.82, 2.24) is 15.5 Å². The summed E-state index contributed by atoms with van der Waals surface area (Å²) < 4.78 is 5.71. The van der Waals surface area contributed by atoms with E-state index in [2.05, 4.69) is 34.6 Å². The van der Waals surface area contributed by atoms with Gasteiger partial charge in [-0.05, 0) is 31.5 Å². The van der Waals surface area contributed by atoms with E-state index in [1.807, 2.05) is 25.1 Å². The van der Waals surface area contributed by atoms with Crippen molar-refractivity contribution in [3.8, 4) is 11.5 Å². The number of aromatic nitrogens is 2. The zero-order chi connectivity index (χ0) is 17.8. The molecule has 0 unspecified atom stereocenters. The molecule has 0 aliphatic carbocycles. The van der Waals surface area contributed by atoms with Gasteiger partial charge in [-0.3, -0.25) is 15.4 Å². The first-order valence-corrected chi connectivity index (χ1v) is 7.94. The van der Waals surface area contributed by atoms with Crippen LogP contribution in [0.15, 0.2) is 59.0 Å². The molecule has 0 radical (unpaired) electrons. The molecule has 0 spiro atoms.